The lowest BCUT2D eigenvalue weighted by molar-refractivity contribution is -0.131. The van der Waals surface area contributed by atoms with E-state index in [-0.39, 0.29) is 11.7 Å². The minimum absolute atomic E-state index is 0.0893. The molecule has 26 heavy (non-hydrogen) atoms. The minimum atomic E-state index is -0.669. The van der Waals surface area contributed by atoms with Crippen LogP contribution >= 0.6 is 11.8 Å². The molecule has 136 valence electrons. The number of hydrogen-bond donors (Lipinski definition) is 0. The van der Waals surface area contributed by atoms with E-state index in [1.807, 2.05) is 31.2 Å². The first-order valence-electron chi connectivity index (χ1n) is 8.75. The summed E-state index contributed by atoms with van der Waals surface area (Å²) in [6.07, 6.45) is 4.59. The maximum Gasteiger partial charge on any atom is 0.277 e. The Hall–Kier alpha value is -2.33. The van der Waals surface area contributed by atoms with Gasteiger partial charge < -0.3 is 9.32 Å². The largest absolute Gasteiger partial charge is 0.411 e. The molecule has 1 aliphatic rings. The second-order valence-corrected chi connectivity index (χ2v) is 7.61. The smallest absolute Gasteiger partial charge is 0.277 e. The van der Waals surface area contributed by atoms with Gasteiger partial charge >= 0.3 is 0 Å². The summed E-state index contributed by atoms with van der Waals surface area (Å²) >= 11 is 1.21. The third kappa shape index (κ3) is 3.91. The lowest BCUT2D eigenvalue weighted by Crippen LogP contribution is -2.50. The van der Waals surface area contributed by atoms with Gasteiger partial charge in [0.1, 0.15) is 5.54 Å². The van der Waals surface area contributed by atoms with E-state index in [0.29, 0.717) is 11.1 Å². The topological polar surface area (TPSA) is 83.0 Å². The van der Waals surface area contributed by atoms with Gasteiger partial charge in [-0.25, -0.2) is 0 Å². The van der Waals surface area contributed by atoms with Crippen molar-refractivity contribution >= 4 is 17.7 Å². The van der Waals surface area contributed by atoms with Crippen LogP contribution in [0.4, 0.5) is 0 Å². The van der Waals surface area contributed by atoms with Crippen molar-refractivity contribution in [2.24, 2.45) is 0 Å². The number of carbonyl (C=O) groups excluding carboxylic acids is 1. The standard InChI is InChI=1S/C19H22N4O2S/c1-14-6-8-15(9-7-14)17-21-22-18(25-17)26-12-16(24)23(2)19(13-20)10-4-3-5-11-19/h6-9H,3-5,10-12H2,1-2H3. The average Bonchev–Trinajstić information content (AvgIpc) is 3.15. The highest BCUT2D eigenvalue weighted by Gasteiger charge is 2.38. The van der Waals surface area contributed by atoms with Crippen LogP contribution in [-0.4, -0.2) is 39.3 Å². The van der Waals surface area contributed by atoms with E-state index >= 15 is 0 Å². The lowest BCUT2D eigenvalue weighted by atomic mass is 9.81. The Labute approximate surface area is 157 Å². The Morgan fingerprint density at radius 2 is 1.96 bits per heavy atom. The summed E-state index contributed by atoms with van der Waals surface area (Å²) in [5, 5.41) is 18.0. The van der Waals surface area contributed by atoms with Crippen LogP contribution in [0.15, 0.2) is 33.9 Å². The minimum Gasteiger partial charge on any atom is -0.411 e. The maximum atomic E-state index is 12.6. The van der Waals surface area contributed by atoms with Gasteiger partial charge in [-0.05, 0) is 31.9 Å². The zero-order valence-corrected chi connectivity index (χ0v) is 15.9. The number of carbonyl (C=O) groups is 1. The molecule has 0 aliphatic heterocycles. The third-order valence-electron chi connectivity index (χ3n) is 4.93. The van der Waals surface area contributed by atoms with Gasteiger partial charge in [-0.3, -0.25) is 4.79 Å². The van der Waals surface area contributed by atoms with Crippen molar-refractivity contribution in [1.82, 2.24) is 15.1 Å². The quantitative estimate of drug-likeness (QED) is 0.744. The molecule has 1 aliphatic carbocycles. The predicted octanol–water partition coefficient (Wildman–Crippen LogP) is 3.82. The molecular weight excluding hydrogens is 348 g/mol. The van der Waals surface area contributed by atoms with E-state index in [0.717, 1.165) is 43.2 Å². The molecule has 0 unspecified atom stereocenters. The van der Waals surface area contributed by atoms with Crippen molar-refractivity contribution < 1.29 is 9.21 Å². The third-order valence-corrected chi connectivity index (χ3v) is 5.73. The first-order chi connectivity index (χ1) is 12.5. The summed E-state index contributed by atoms with van der Waals surface area (Å²) in [5.41, 5.74) is 1.34. The number of rotatable bonds is 5. The van der Waals surface area contributed by atoms with Crippen LogP contribution < -0.4 is 0 Å². The highest BCUT2D eigenvalue weighted by Crippen LogP contribution is 2.33. The summed E-state index contributed by atoms with van der Waals surface area (Å²) in [6.45, 7) is 2.02. The molecule has 1 saturated carbocycles. The molecule has 6 nitrogen and oxygen atoms in total. The molecule has 1 aromatic heterocycles. The maximum absolute atomic E-state index is 12.6. The number of nitrogens with zero attached hydrogens (tertiary/aromatic N) is 4. The van der Waals surface area contributed by atoms with Crippen LogP contribution in [0, 0.1) is 18.3 Å². The van der Waals surface area contributed by atoms with Crippen molar-refractivity contribution in [1.29, 1.82) is 5.26 Å². The first-order valence-corrected chi connectivity index (χ1v) is 9.74. The second-order valence-electron chi connectivity index (χ2n) is 6.68. The number of nitriles is 1. The molecule has 0 saturated heterocycles. The molecule has 2 aromatic rings. The van der Waals surface area contributed by atoms with Crippen LogP contribution in [0.1, 0.15) is 37.7 Å². The van der Waals surface area contributed by atoms with Gasteiger partial charge in [0.05, 0.1) is 11.8 Å². The number of hydrogen-bond acceptors (Lipinski definition) is 6. The number of benzene rings is 1. The molecule has 1 amide bonds. The fourth-order valence-electron chi connectivity index (χ4n) is 3.20. The predicted molar refractivity (Wildman–Crippen MR) is 99.4 cm³/mol. The summed E-state index contributed by atoms with van der Waals surface area (Å²) in [6, 6.07) is 10.2. The van der Waals surface area contributed by atoms with Gasteiger partial charge in [0.2, 0.25) is 11.8 Å². The monoisotopic (exact) mass is 370 g/mol. The Morgan fingerprint density at radius 3 is 2.62 bits per heavy atom. The fourth-order valence-corrected chi connectivity index (χ4v) is 3.88. The molecule has 3 rings (SSSR count). The van der Waals surface area contributed by atoms with E-state index in [2.05, 4.69) is 16.3 Å². The summed E-state index contributed by atoms with van der Waals surface area (Å²) in [5.74, 6) is 0.526. The normalized spacial score (nSPS) is 16.0. The molecule has 0 spiro atoms. The Kier molecular flexibility index (Phi) is 5.62. The highest BCUT2D eigenvalue weighted by molar-refractivity contribution is 7.99. The molecule has 0 atom stereocenters. The SMILES string of the molecule is Cc1ccc(-c2nnc(SCC(=O)N(C)C3(C#N)CCCCC3)o2)cc1. The van der Waals surface area contributed by atoms with Crippen molar-refractivity contribution in [3.63, 3.8) is 0 Å². The van der Waals surface area contributed by atoms with Crippen LogP contribution in [0.25, 0.3) is 11.5 Å². The van der Waals surface area contributed by atoms with Gasteiger partial charge in [0.15, 0.2) is 0 Å². The number of aryl methyl sites for hydroxylation is 1. The van der Waals surface area contributed by atoms with Gasteiger partial charge in [0.25, 0.3) is 5.22 Å². The van der Waals surface area contributed by atoms with E-state index in [1.54, 1.807) is 11.9 Å². The molecule has 0 N–H and O–H groups in total. The Bertz CT molecular complexity index is 804. The molecule has 1 fully saturated rings. The molecular formula is C19H22N4O2S. The fraction of sp³-hybridized carbons (Fsp3) is 0.474. The molecule has 0 radical (unpaired) electrons. The molecule has 1 heterocycles. The second kappa shape index (κ2) is 7.92. The molecule has 0 bridgehead atoms. The molecule has 7 heteroatoms. The first kappa shape index (κ1) is 18.5. The van der Waals surface area contributed by atoms with Crippen molar-refractivity contribution in [3.8, 4) is 17.5 Å². The lowest BCUT2D eigenvalue weighted by Gasteiger charge is -2.38. The van der Waals surface area contributed by atoms with Crippen LogP contribution in [-0.2, 0) is 4.79 Å². The summed E-state index contributed by atoms with van der Waals surface area (Å²) in [7, 11) is 1.73. The zero-order valence-electron chi connectivity index (χ0n) is 15.1. The van der Waals surface area contributed by atoms with Gasteiger partial charge in [0, 0.05) is 12.6 Å². The number of aromatic nitrogens is 2. The van der Waals surface area contributed by atoms with Crippen molar-refractivity contribution in [3.05, 3.63) is 29.8 Å². The van der Waals surface area contributed by atoms with Crippen molar-refractivity contribution in [2.75, 3.05) is 12.8 Å². The summed E-state index contributed by atoms with van der Waals surface area (Å²) < 4.78 is 5.64. The zero-order chi connectivity index (χ0) is 18.6. The summed E-state index contributed by atoms with van der Waals surface area (Å²) in [4.78, 5) is 14.2. The molecule has 1 aromatic carbocycles. The Balaban J connectivity index is 1.61. The van der Waals surface area contributed by atoms with E-state index in [9.17, 15) is 10.1 Å². The van der Waals surface area contributed by atoms with Crippen LogP contribution in [0.5, 0.6) is 0 Å². The van der Waals surface area contributed by atoms with E-state index in [1.165, 1.54) is 11.8 Å². The Morgan fingerprint density at radius 1 is 1.27 bits per heavy atom. The number of amides is 1. The van der Waals surface area contributed by atoms with Gasteiger partial charge in [-0.15, -0.1) is 10.2 Å². The van der Waals surface area contributed by atoms with Gasteiger partial charge in [-0.2, -0.15) is 5.26 Å². The van der Waals surface area contributed by atoms with E-state index < -0.39 is 5.54 Å². The number of thioether (sulfide) groups is 1. The van der Waals surface area contributed by atoms with E-state index in [4.69, 9.17) is 4.42 Å². The van der Waals surface area contributed by atoms with Crippen LogP contribution in [0.3, 0.4) is 0 Å². The van der Waals surface area contributed by atoms with Gasteiger partial charge in [-0.1, -0.05) is 48.7 Å². The van der Waals surface area contributed by atoms with Crippen molar-refractivity contribution in [2.45, 2.75) is 49.8 Å². The van der Waals surface area contributed by atoms with Crippen LogP contribution in [0.2, 0.25) is 0 Å². The highest BCUT2D eigenvalue weighted by atomic mass is 32.2. The average molecular weight is 370 g/mol.